The Bertz CT molecular complexity index is 862. The van der Waals surface area contributed by atoms with Gasteiger partial charge in [0.2, 0.25) is 0 Å². The number of rotatable bonds is 4. The van der Waals surface area contributed by atoms with Crippen molar-refractivity contribution in [3.05, 3.63) is 77.5 Å². The predicted octanol–water partition coefficient (Wildman–Crippen LogP) is 4.75. The number of hydrogen-bond donors (Lipinski definition) is 0. The maximum absolute atomic E-state index is 12.0. The second-order valence-corrected chi connectivity index (χ2v) is 5.47. The maximum Gasteiger partial charge on any atom is 0.332 e. The van der Waals surface area contributed by atoms with E-state index in [1.54, 1.807) is 6.92 Å². The van der Waals surface area contributed by atoms with E-state index in [0.717, 1.165) is 22.2 Å². The van der Waals surface area contributed by atoms with Crippen molar-refractivity contribution in [3.63, 3.8) is 0 Å². The molecule has 4 heteroatoms. The number of carbonyl (C=O) groups is 1. The number of ether oxygens (including phenoxy) is 1. The number of esters is 1. The van der Waals surface area contributed by atoms with E-state index in [2.05, 4.69) is 0 Å². The van der Waals surface area contributed by atoms with Crippen LogP contribution in [0.15, 0.2) is 66.9 Å². The summed E-state index contributed by atoms with van der Waals surface area (Å²) in [5.74, 6) is -0.366. The quantitative estimate of drug-likeness (QED) is 0.512. The average Bonchev–Trinajstić information content (AvgIpc) is 2.98. The number of aromatic nitrogens is 1. The van der Waals surface area contributed by atoms with Crippen LogP contribution in [0.1, 0.15) is 12.5 Å². The molecule has 0 fully saturated rings. The standard InChI is InChI=1S/C19H16ClNO2/c1-2-23-19(22)13-18(15-7-9-16(20)10-8-15)21-12-11-14-5-3-4-6-17(14)21/h3-13H,2H2,1H3. The molecule has 1 aromatic heterocycles. The molecular weight excluding hydrogens is 310 g/mol. The second kappa shape index (κ2) is 6.71. The van der Waals surface area contributed by atoms with Crippen LogP contribution in [0.4, 0.5) is 0 Å². The molecule has 2 aromatic carbocycles. The molecule has 23 heavy (non-hydrogen) atoms. The van der Waals surface area contributed by atoms with Crippen LogP contribution in [-0.4, -0.2) is 17.1 Å². The lowest BCUT2D eigenvalue weighted by atomic mass is 10.1. The van der Waals surface area contributed by atoms with Gasteiger partial charge in [-0.2, -0.15) is 0 Å². The topological polar surface area (TPSA) is 31.2 Å². The Labute approximate surface area is 139 Å². The van der Waals surface area contributed by atoms with E-state index in [1.807, 2.05) is 65.4 Å². The molecule has 3 aromatic rings. The Hall–Kier alpha value is -2.52. The van der Waals surface area contributed by atoms with Crippen molar-refractivity contribution in [1.82, 2.24) is 4.57 Å². The summed E-state index contributed by atoms with van der Waals surface area (Å²) in [5, 5.41) is 1.76. The molecule has 0 saturated heterocycles. The van der Waals surface area contributed by atoms with Gasteiger partial charge in [0.05, 0.1) is 17.8 Å². The summed E-state index contributed by atoms with van der Waals surface area (Å²) >= 11 is 5.97. The summed E-state index contributed by atoms with van der Waals surface area (Å²) < 4.78 is 7.05. The fourth-order valence-corrected chi connectivity index (χ4v) is 2.63. The second-order valence-electron chi connectivity index (χ2n) is 5.03. The highest BCUT2D eigenvalue weighted by Gasteiger charge is 2.11. The largest absolute Gasteiger partial charge is 0.463 e. The third-order valence-corrected chi connectivity index (χ3v) is 3.79. The lowest BCUT2D eigenvalue weighted by Crippen LogP contribution is -2.05. The first kappa shape index (κ1) is 15.4. The third-order valence-electron chi connectivity index (χ3n) is 3.54. The molecule has 0 unspecified atom stereocenters. The fraction of sp³-hybridized carbons (Fsp3) is 0.105. The van der Waals surface area contributed by atoms with Crippen molar-refractivity contribution in [2.24, 2.45) is 0 Å². The van der Waals surface area contributed by atoms with Crippen LogP contribution in [0.2, 0.25) is 5.02 Å². The van der Waals surface area contributed by atoms with Gasteiger partial charge >= 0.3 is 5.97 Å². The monoisotopic (exact) mass is 325 g/mol. The zero-order chi connectivity index (χ0) is 16.2. The lowest BCUT2D eigenvalue weighted by Gasteiger charge is -2.12. The summed E-state index contributed by atoms with van der Waals surface area (Å²) in [7, 11) is 0. The molecular formula is C19H16ClNO2. The van der Waals surface area contributed by atoms with Crippen molar-refractivity contribution < 1.29 is 9.53 Å². The van der Waals surface area contributed by atoms with Crippen molar-refractivity contribution in [2.45, 2.75) is 6.92 Å². The minimum atomic E-state index is -0.366. The molecule has 0 aliphatic carbocycles. The molecule has 1 heterocycles. The minimum Gasteiger partial charge on any atom is -0.463 e. The van der Waals surface area contributed by atoms with Gasteiger partial charge in [0.15, 0.2) is 0 Å². The van der Waals surface area contributed by atoms with Gasteiger partial charge in [0.1, 0.15) is 0 Å². The van der Waals surface area contributed by atoms with Gasteiger partial charge in [-0.15, -0.1) is 0 Å². The van der Waals surface area contributed by atoms with Crippen molar-refractivity contribution in [2.75, 3.05) is 6.61 Å². The Kier molecular flexibility index (Phi) is 4.49. The van der Waals surface area contributed by atoms with Crippen molar-refractivity contribution in [1.29, 1.82) is 0 Å². The first-order valence-electron chi connectivity index (χ1n) is 7.40. The molecule has 0 atom stereocenters. The molecule has 3 rings (SSSR count). The van der Waals surface area contributed by atoms with Crippen LogP contribution in [0.5, 0.6) is 0 Å². The number of halogens is 1. The number of carbonyl (C=O) groups excluding carboxylic acids is 1. The van der Waals surface area contributed by atoms with E-state index < -0.39 is 0 Å². The molecule has 116 valence electrons. The summed E-state index contributed by atoms with van der Waals surface area (Å²) in [6, 6.07) is 17.4. The van der Waals surface area contributed by atoms with Gasteiger partial charge in [-0.05, 0) is 42.1 Å². The summed E-state index contributed by atoms with van der Waals surface area (Å²) in [6.45, 7) is 2.13. The van der Waals surface area contributed by atoms with Gasteiger partial charge in [0, 0.05) is 17.3 Å². The number of nitrogens with zero attached hydrogens (tertiary/aromatic N) is 1. The van der Waals surface area contributed by atoms with E-state index in [9.17, 15) is 4.79 Å². The predicted molar refractivity (Wildman–Crippen MR) is 93.4 cm³/mol. The molecule has 0 radical (unpaired) electrons. The Balaban J connectivity index is 2.15. The Morgan fingerprint density at radius 3 is 2.61 bits per heavy atom. The molecule has 0 amide bonds. The van der Waals surface area contributed by atoms with Gasteiger partial charge in [-0.1, -0.05) is 41.9 Å². The normalized spacial score (nSPS) is 11.7. The van der Waals surface area contributed by atoms with Gasteiger partial charge in [-0.25, -0.2) is 4.79 Å². The molecule has 0 saturated carbocycles. The van der Waals surface area contributed by atoms with E-state index >= 15 is 0 Å². The number of benzene rings is 2. The fourth-order valence-electron chi connectivity index (χ4n) is 2.50. The molecule has 0 aliphatic heterocycles. The first-order valence-corrected chi connectivity index (χ1v) is 7.77. The van der Waals surface area contributed by atoms with Crippen LogP contribution in [0, 0.1) is 0 Å². The van der Waals surface area contributed by atoms with Crippen molar-refractivity contribution >= 4 is 34.2 Å². The van der Waals surface area contributed by atoms with E-state index in [0.29, 0.717) is 11.6 Å². The molecule has 0 bridgehead atoms. The smallest absolute Gasteiger partial charge is 0.332 e. The van der Waals surface area contributed by atoms with Gasteiger partial charge < -0.3 is 9.30 Å². The summed E-state index contributed by atoms with van der Waals surface area (Å²) in [6.07, 6.45) is 3.46. The minimum absolute atomic E-state index is 0.343. The Morgan fingerprint density at radius 2 is 1.87 bits per heavy atom. The highest BCUT2D eigenvalue weighted by molar-refractivity contribution is 6.30. The zero-order valence-corrected chi connectivity index (χ0v) is 13.5. The van der Waals surface area contributed by atoms with Crippen LogP contribution < -0.4 is 0 Å². The highest BCUT2D eigenvalue weighted by atomic mass is 35.5. The first-order chi connectivity index (χ1) is 11.2. The number of para-hydroxylation sites is 1. The Morgan fingerprint density at radius 1 is 1.13 bits per heavy atom. The zero-order valence-electron chi connectivity index (χ0n) is 12.7. The summed E-state index contributed by atoms with van der Waals surface area (Å²) in [4.78, 5) is 12.0. The third kappa shape index (κ3) is 3.30. The van der Waals surface area contributed by atoms with Crippen LogP contribution >= 0.6 is 11.6 Å². The molecule has 0 spiro atoms. The van der Waals surface area contributed by atoms with Crippen LogP contribution in [-0.2, 0) is 9.53 Å². The van der Waals surface area contributed by atoms with Crippen LogP contribution in [0.3, 0.4) is 0 Å². The number of fused-ring (bicyclic) bond motifs is 1. The molecule has 0 aliphatic rings. The van der Waals surface area contributed by atoms with E-state index in [1.165, 1.54) is 6.08 Å². The molecule has 0 N–H and O–H groups in total. The van der Waals surface area contributed by atoms with Crippen LogP contribution in [0.25, 0.3) is 16.6 Å². The molecule has 3 nitrogen and oxygen atoms in total. The van der Waals surface area contributed by atoms with Gasteiger partial charge in [0.25, 0.3) is 0 Å². The summed E-state index contributed by atoms with van der Waals surface area (Å²) in [5.41, 5.74) is 2.67. The lowest BCUT2D eigenvalue weighted by molar-refractivity contribution is -0.137. The van der Waals surface area contributed by atoms with E-state index in [-0.39, 0.29) is 5.97 Å². The highest BCUT2D eigenvalue weighted by Crippen LogP contribution is 2.25. The maximum atomic E-state index is 12.0. The number of hydrogen-bond acceptors (Lipinski definition) is 2. The SMILES string of the molecule is CCOC(=O)C=C(c1ccc(Cl)cc1)n1ccc2ccccc21. The van der Waals surface area contributed by atoms with E-state index in [4.69, 9.17) is 16.3 Å². The van der Waals surface area contributed by atoms with Gasteiger partial charge in [-0.3, -0.25) is 0 Å². The van der Waals surface area contributed by atoms with Crippen molar-refractivity contribution in [3.8, 4) is 0 Å². The average molecular weight is 326 g/mol.